The van der Waals surface area contributed by atoms with Crippen LogP contribution in [0.5, 0.6) is 0 Å². The first kappa shape index (κ1) is 14.8. The monoisotopic (exact) mass is 278 g/mol. The van der Waals surface area contributed by atoms with Crippen molar-refractivity contribution in [3.8, 4) is 6.07 Å². The molecule has 0 aliphatic heterocycles. The third kappa shape index (κ3) is 3.30. The van der Waals surface area contributed by atoms with Gasteiger partial charge in [-0.15, -0.1) is 0 Å². The quantitative estimate of drug-likeness (QED) is 0.808. The van der Waals surface area contributed by atoms with Crippen molar-refractivity contribution in [3.05, 3.63) is 0 Å². The third-order valence-electron chi connectivity index (χ3n) is 4.53. The molecule has 0 aromatic rings. The second-order valence-corrected chi connectivity index (χ2v) is 6.05. The highest BCUT2D eigenvalue weighted by atomic mass is 16.4. The van der Waals surface area contributed by atoms with Crippen molar-refractivity contribution in [1.29, 1.82) is 5.26 Å². The van der Waals surface area contributed by atoms with Gasteiger partial charge in [0.05, 0.1) is 17.9 Å². The Kier molecular flexibility index (Phi) is 4.64. The molecule has 20 heavy (non-hydrogen) atoms. The lowest BCUT2D eigenvalue weighted by atomic mass is 9.71. The molecule has 2 aliphatic carbocycles. The van der Waals surface area contributed by atoms with E-state index in [-0.39, 0.29) is 18.4 Å². The average molecular weight is 278 g/mol. The molecule has 2 fully saturated rings. The maximum atomic E-state index is 12.5. The van der Waals surface area contributed by atoms with Crippen LogP contribution in [0, 0.1) is 16.7 Å². The first-order valence-corrected chi connectivity index (χ1v) is 7.49. The van der Waals surface area contributed by atoms with E-state index < -0.39 is 11.4 Å². The van der Waals surface area contributed by atoms with Gasteiger partial charge in [0.1, 0.15) is 0 Å². The van der Waals surface area contributed by atoms with Gasteiger partial charge in [-0.25, -0.2) is 0 Å². The van der Waals surface area contributed by atoms with Crippen LogP contribution in [0.4, 0.5) is 0 Å². The number of hydrogen-bond acceptors (Lipinski definition) is 3. The molecular formula is C15H22N2O3. The summed E-state index contributed by atoms with van der Waals surface area (Å²) in [6.07, 6.45) is 6.43. The molecule has 5 heteroatoms. The zero-order valence-corrected chi connectivity index (χ0v) is 11.8. The average Bonchev–Trinajstić information content (AvgIpc) is 3.24. The Bertz CT molecular complexity index is 417. The molecule has 0 aromatic carbocycles. The first-order chi connectivity index (χ1) is 9.59. The van der Waals surface area contributed by atoms with Gasteiger partial charge in [0, 0.05) is 19.0 Å². The number of nitrogens with zero attached hydrogens (tertiary/aromatic N) is 2. The summed E-state index contributed by atoms with van der Waals surface area (Å²) in [6.45, 7) is 0.440. The van der Waals surface area contributed by atoms with Crippen LogP contribution in [0.3, 0.4) is 0 Å². The lowest BCUT2D eigenvalue weighted by molar-refractivity contribution is -0.156. The van der Waals surface area contributed by atoms with Gasteiger partial charge in [0.15, 0.2) is 0 Å². The minimum Gasteiger partial charge on any atom is -0.481 e. The Hall–Kier alpha value is -1.57. The molecule has 0 radical (unpaired) electrons. The summed E-state index contributed by atoms with van der Waals surface area (Å²) in [4.78, 5) is 25.8. The zero-order chi connectivity index (χ0) is 14.6. The number of aliphatic carboxylic acids is 1. The summed E-state index contributed by atoms with van der Waals surface area (Å²) in [7, 11) is 0. The SMILES string of the molecule is N#CCCN(C(=O)CC1(C(=O)O)CCCCC1)C1CC1. The summed E-state index contributed by atoms with van der Waals surface area (Å²) < 4.78 is 0. The standard InChI is InChI=1S/C15H22N2O3/c16-9-4-10-17(12-5-6-12)13(18)11-15(14(19)20)7-2-1-3-8-15/h12H,1-8,10-11H2,(H,19,20). The van der Waals surface area contributed by atoms with Gasteiger partial charge in [-0.2, -0.15) is 5.26 Å². The molecule has 1 N–H and O–H groups in total. The fraction of sp³-hybridized carbons (Fsp3) is 0.800. The largest absolute Gasteiger partial charge is 0.481 e. The highest BCUT2D eigenvalue weighted by Crippen LogP contribution is 2.41. The van der Waals surface area contributed by atoms with E-state index in [1.807, 2.05) is 0 Å². The lowest BCUT2D eigenvalue weighted by Crippen LogP contribution is -2.42. The van der Waals surface area contributed by atoms with Gasteiger partial charge in [0.25, 0.3) is 0 Å². The van der Waals surface area contributed by atoms with E-state index in [1.165, 1.54) is 0 Å². The summed E-state index contributed by atoms with van der Waals surface area (Å²) in [5.74, 6) is -0.909. The van der Waals surface area contributed by atoms with E-state index >= 15 is 0 Å². The number of carbonyl (C=O) groups excluding carboxylic acids is 1. The van der Waals surface area contributed by atoms with E-state index in [1.54, 1.807) is 4.90 Å². The summed E-state index contributed by atoms with van der Waals surface area (Å²) in [5, 5.41) is 18.2. The number of hydrogen-bond donors (Lipinski definition) is 1. The molecule has 0 heterocycles. The highest BCUT2D eigenvalue weighted by Gasteiger charge is 2.44. The van der Waals surface area contributed by atoms with Gasteiger partial charge >= 0.3 is 5.97 Å². The molecule has 0 bridgehead atoms. The molecule has 0 atom stereocenters. The van der Waals surface area contributed by atoms with Crippen LogP contribution in [0.2, 0.25) is 0 Å². The van der Waals surface area contributed by atoms with Gasteiger partial charge in [-0.05, 0) is 25.7 Å². The molecule has 2 saturated carbocycles. The normalized spacial score (nSPS) is 20.9. The molecule has 0 unspecified atom stereocenters. The van der Waals surface area contributed by atoms with Gasteiger partial charge in [0.2, 0.25) is 5.91 Å². The molecule has 0 saturated heterocycles. The van der Waals surface area contributed by atoms with Crippen molar-refractivity contribution in [1.82, 2.24) is 4.90 Å². The number of nitriles is 1. The fourth-order valence-electron chi connectivity index (χ4n) is 3.15. The topological polar surface area (TPSA) is 81.4 Å². The summed E-state index contributed by atoms with van der Waals surface area (Å²) >= 11 is 0. The predicted molar refractivity (Wildman–Crippen MR) is 72.7 cm³/mol. The molecule has 0 aromatic heterocycles. The minimum atomic E-state index is -0.866. The molecule has 1 amide bonds. The van der Waals surface area contributed by atoms with E-state index in [2.05, 4.69) is 6.07 Å². The Labute approximate surface area is 119 Å². The van der Waals surface area contributed by atoms with E-state index in [0.717, 1.165) is 32.1 Å². The van der Waals surface area contributed by atoms with Gasteiger partial charge < -0.3 is 10.0 Å². The Morgan fingerprint density at radius 3 is 2.40 bits per heavy atom. The van der Waals surface area contributed by atoms with Crippen LogP contribution in [0.1, 0.15) is 57.8 Å². The number of rotatable bonds is 6. The van der Waals surface area contributed by atoms with Crippen LogP contribution >= 0.6 is 0 Å². The number of carboxylic acids is 1. The van der Waals surface area contributed by atoms with Crippen molar-refractivity contribution in [2.75, 3.05) is 6.54 Å². The molecule has 2 rings (SSSR count). The van der Waals surface area contributed by atoms with E-state index in [4.69, 9.17) is 5.26 Å². The molecular weight excluding hydrogens is 256 g/mol. The van der Waals surface area contributed by atoms with E-state index in [0.29, 0.717) is 25.8 Å². The molecule has 110 valence electrons. The number of carboxylic acid groups (broad SMARTS) is 1. The Morgan fingerprint density at radius 1 is 1.25 bits per heavy atom. The Morgan fingerprint density at radius 2 is 1.90 bits per heavy atom. The van der Waals surface area contributed by atoms with E-state index in [9.17, 15) is 14.7 Å². The summed E-state index contributed by atoms with van der Waals surface area (Å²) in [6, 6.07) is 2.30. The van der Waals surface area contributed by atoms with Gasteiger partial charge in [-0.3, -0.25) is 9.59 Å². The Balaban J connectivity index is 2.03. The molecule has 5 nitrogen and oxygen atoms in total. The maximum absolute atomic E-state index is 12.5. The second kappa shape index (κ2) is 6.25. The number of carbonyl (C=O) groups is 2. The van der Waals surface area contributed by atoms with Crippen molar-refractivity contribution in [2.24, 2.45) is 5.41 Å². The van der Waals surface area contributed by atoms with Crippen molar-refractivity contribution in [3.63, 3.8) is 0 Å². The van der Waals surface area contributed by atoms with Crippen molar-refractivity contribution in [2.45, 2.75) is 63.8 Å². The fourth-order valence-corrected chi connectivity index (χ4v) is 3.15. The smallest absolute Gasteiger partial charge is 0.310 e. The van der Waals surface area contributed by atoms with Crippen LogP contribution in [-0.4, -0.2) is 34.5 Å². The lowest BCUT2D eigenvalue weighted by Gasteiger charge is -2.34. The van der Waals surface area contributed by atoms with Crippen molar-refractivity contribution >= 4 is 11.9 Å². The van der Waals surface area contributed by atoms with Crippen molar-refractivity contribution < 1.29 is 14.7 Å². The highest BCUT2D eigenvalue weighted by molar-refractivity contribution is 5.85. The van der Waals surface area contributed by atoms with Crippen LogP contribution in [0.25, 0.3) is 0 Å². The third-order valence-corrected chi connectivity index (χ3v) is 4.53. The van der Waals surface area contributed by atoms with Gasteiger partial charge in [-0.1, -0.05) is 19.3 Å². The molecule has 0 spiro atoms. The van der Waals surface area contributed by atoms with Crippen LogP contribution in [0.15, 0.2) is 0 Å². The molecule has 2 aliphatic rings. The van der Waals surface area contributed by atoms with Crippen LogP contribution in [-0.2, 0) is 9.59 Å². The maximum Gasteiger partial charge on any atom is 0.310 e. The summed E-state index contributed by atoms with van der Waals surface area (Å²) in [5.41, 5.74) is -0.866. The zero-order valence-electron chi connectivity index (χ0n) is 11.8. The van der Waals surface area contributed by atoms with Crippen LogP contribution < -0.4 is 0 Å². The predicted octanol–water partition coefficient (Wildman–Crippen LogP) is 2.32. The minimum absolute atomic E-state index is 0.0768. The number of amides is 1. The first-order valence-electron chi connectivity index (χ1n) is 7.49. The second-order valence-electron chi connectivity index (χ2n) is 6.05.